The van der Waals surface area contributed by atoms with E-state index in [1.807, 2.05) is 67.5 Å². The molecule has 0 radical (unpaired) electrons. The van der Waals surface area contributed by atoms with E-state index in [0.29, 0.717) is 6.61 Å². The Morgan fingerprint density at radius 1 is 1.12 bits per heavy atom. The molecule has 132 valence electrons. The zero-order chi connectivity index (χ0) is 18.1. The normalized spacial score (nSPS) is 10.7. The quantitative estimate of drug-likeness (QED) is 0.566. The standard InChI is InChI=1S/C21H26N2O2/c1-4-5-16-25-20-9-7-6-8-17(20)10-15-21(24)22-18-11-13-19(14-12-18)23(2)3/h6-15H,4-5,16H2,1-3H3,(H,22,24). The first-order chi connectivity index (χ1) is 12.1. The van der Waals surface area contributed by atoms with Crippen LogP contribution in [0.1, 0.15) is 25.3 Å². The zero-order valence-corrected chi connectivity index (χ0v) is 15.2. The third-order valence-corrected chi connectivity index (χ3v) is 3.74. The number of para-hydroxylation sites is 1. The largest absolute Gasteiger partial charge is 0.493 e. The summed E-state index contributed by atoms with van der Waals surface area (Å²) in [7, 11) is 3.96. The van der Waals surface area contributed by atoms with Gasteiger partial charge in [0.1, 0.15) is 5.75 Å². The summed E-state index contributed by atoms with van der Waals surface area (Å²) in [6.07, 6.45) is 5.42. The molecular weight excluding hydrogens is 312 g/mol. The summed E-state index contributed by atoms with van der Waals surface area (Å²) in [5.41, 5.74) is 2.76. The van der Waals surface area contributed by atoms with Crippen molar-refractivity contribution in [3.05, 3.63) is 60.2 Å². The fourth-order valence-corrected chi connectivity index (χ4v) is 2.27. The zero-order valence-electron chi connectivity index (χ0n) is 15.2. The van der Waals surface area contributed by atoms with Crippen LogP contribution in [-0.4, -0.2) is 26.6 Å². The Morgan fingerprint density at radius 3 is 2.52 bits per heavy atom. The van der Waals surface area contributed by atoms with Crippen molar-refractivity contribution in [2.45, 2.75) is 19.8 Å². The molecule has 0 heterocycles. The van der Waals surface area contributed by atoms with Crippen LogP contribution < -0.4 is 15.0 Å². The molecule has 0 aliphatic heterocycles. The van der Waals surface area contributed by atoms with Gasteiger partial charge < -0.3 is 15.0 Å². The van der Waals surface area contributed by atoms with Crippen LogP contribution in [0.3, 0.4) is 0 Å². The molecule has 1 N–H and O–H groups in total. The van der Waals surface area contributed by atoms with Gasteiger partial charge in [-0.1, -0.05) is 31.5 Å². The van der Waals surface area contributed by atoms with Gasteiger partial charge in [-0.2, -0.15) is 0 Å². The van der Waals surface area contributed by atoms with Crippen molar-refractivity contribution in [2.24, 2.45) is 0 Å². The molecule has 4 heteroatoms. The second-order valence-electron chi connectivity index (χ2n) is 6.00. The number of unbranched alkanes of at least 4 members (excludes halogenated alkanes) is 1. The van der Waals surface area contributed by atoms with Crippen LogP contribution in [0.4, 0.5) is 11.4 Å². The van der Waals surface area contributed by atoms with Crippen LogP contribution in [-0.2, 0) is 4.79 Å². The average molecular weight is 338 g/mol. The number of anilines is 2. The minimum Gasteiger partial charge on any atom is -0.493 e. The van der Waals surface area contributed by atoms with Crippen molar-refractivity contribution in [3.8, 4) is 5.75 Å². The predicted molar refractivity (Wildman–Crippen MR) is 105 cm³/mol. The number of ether oxygens (including phenoxy) is 1. The van der Waals surface area contributed by atoms with Crippen molar-refractivity contribution in [3.63, 3.8) is 0 Å². The molecular formula is C21H26N2O2. The second kappa shape index (κ2) is 9.52. The SMILES string of the molecule is CCCCOc1ccccc1C=CC(=O)Nc1ccc(N(C)C)cc1. The minimum atomic E-state index is -0.166. The minimum absolute atomic E-state index is 0.166. The van der Waals surface area contributed by atoms with Gasteiger partial charge in [-0.25, -0.2) is 0 Å². The molecule has 1 amide bonds. The average Bonchev–Trinajstić information content (AvgIpc) is 2.61. The van der Waals surface area contributed by atoms with Crippen LogP contribution in [0.5, 0.6) is 5.75 Å². The molecule has 2 aromatic rings. The van der Waals surface area contributed by atoms with E-state index < -0.39 is 0 Å². The van der Waals surface area contributed by atoms with Gasteiger partial charge in [-0.15, -0.1) is 0 Å². The molecule has 2 rings (SSSR count). The number of nitrogens with zero attached hydrogens (tertiary/aromatic N) is 1. The molecule has 4 nitrogen and oxygen atoms in total. The molecule has 0 spiro atoms. The van der Waals surface area contributed by atoms with Crippen molar-refractivity contribution in [2.75, 3.05) is 30.9 Å². The van der Waals surface area contributed by atoms with E-state index in [1.165, 1.54) is 6.08 Å². The molecule has 0 unspecified atom stereocenters. The number of amides is 1. The maximum Gasteiger partial charge on any atom is 0.248 e. The maximum absolute atomic E-state index is 12.1. The summed E-state index contributed by atoms with van der Waals surface area (Å²) < 4.78 is 5.78. The van der Waals surface area contributed by atoms with E-state index >= 15 is 0 Å². The first kappa shape index (κ1) is 18.6. The van der Waals surface area contributed by atoms with Gasteiger partial charge in [-0.05, 0) is 42.8 Å². The topological polar surface area (TPSA) is 41.6 Å². The molecule has 25 heavy (non-hydrogen) atoms. The first-order valence-electron chi connectivity index (χ1n) is 8.58. The van der Waals surface area contributed by atoms with E-state index in [0.717, 1.165) is 35.5 Å². The van der Waals surface area contributed by atoms with Crippen molar-refractivity contribution in [1.29, 1.82) is 0 Å². The Hall–Kier alpha value is -2.75. The fraction of sp³-hybridized carbons (Fsp3) is 0.286. The lowest BCUT2D eigenvalue weighted by Crippen LogP contribution is -2.10. The highest BCUT2D eigenvalue weighted by Crippen LogP contribution is 2.20. The number of nitrogens with one attached hydrogen (secondary N) is 1. The first-order valence-corrected chi connectivity index (χ1v) is 8.58. The monoisotopic (exact) mass is 338 g/mol. The second-order valence-corrected chi connectivity index (χ2v) is 6.00. The van der Waals surface area contributed by atoms with Gasteiger partial charge in [0.25, 0.3) is 0 Å². The van der Waals surface area contributed by atoms with Gasteiger partial charge in [0.15, 0.2) is 0 Å². The number of carbonyl (C=O) groups excluding carboxylic acids is 1. The van der Waals surface area contributed by atoms with Gasteiger partial charge >= 0.3 is 0 Å². The lowest BCUT2D eigenvalue weighted by atomic mass is 10.2. The Morgan fingerprint density at radius 2 is 1.84 bits per heavy atom. The Kier molecular flexibility index (Phi) is 7.08. The molecule has 0 aliphatic carbocycles. The van der Waals surface area contributed by atoms with Gasteiger partial charge in [0.05, 0.1) is 6.61 Å². The van der Waals surface area contributed by atoms with Crippen molar-refractivity contribution < 1.29 is 9.53 Å². The Balaban J connectivity index is 1.98. The molecule has 0 aliphatic rings. The van der Waals surface area contributed by atoms with E-state index in [-0.39, 0.29) is 5.91 Å². The highest BCUT2D eigenvalue weighted by atomic mass is 16.5. The van der Waals surface area contributed by atoms with Crippen molar-refractivity contribution >= 4 is 23.4 Å². The lowest BCUT2D eigenvalue weighted by molar-refractivity contribution is -0.111. The molecule has 0 aromatic heterocycles. The lowest BCUT2D eigenvalue weighted by Gasteiger charge is -2.12. The number of carbonyl (C=O) groups is 1. The van der Waals surface area contributed by atoms with Crippen LogP contribution in [0, 0.1) is 0 Å². The molecule has 0 bridgehead atoms. The number of benzene rings is 2. The summed E-state index contributed by atoms with van der Waals surface area (Å²) in [4.78, 5) is 14.1. The Labute approximate surface area is 150 Å². The third kappa shape index (κ3) is 5.99. The fourth-order valence-electron chi connectivity index (χ4n) is 2.27. The van der Waals surface area contributed by atoms with Gasteiger partial charge in [-0.3, -0.25) is 4.79 Å². The van der Waals surface area contributed by atoms with Gasteiger partial charge in [0, 0.05) is 37.1 Å². The molecule has 2 aromatic carbocycles. The van der Waals surface area contributed by atoms with Crippen LogP contribution in [0.25, 0.3) is 6.08 Å². The summed E-state index contributed by atoms with van der Waals surface area (Å²) >= 11 is 0. The van der Waals surface area contributed by atoms with E-state index in [2.05, 4.69) is 12.2 Å². The predicted octanol–water partition coefficient (Wildman–Crippen LogP) is 4.58. The molecule has 0 atom stereocenters. The highest BCUT2D eigenvalue weighted by molar-refractivity contribution is 6.02. The smallest absolute Gasteiger partial charge is 0.248 e. The maximum atomic E-state index is 12.1. The number of rotatable bonds is 8. The van der Waals surface area contributed by atoms with E-state index in [9.17, 15) is 4.79 Å². The molecule has 0 fully saturated rings. The number of hydrogen-bond donors (Lipinski definition) is 1. The summed E-state index contributed by atoms with van der Waals surface area (Å²) in [6, 6.07) is 15.5. The number of hydrogen-bond acceptors (Lipinski definition) is 3. The van der Waals surface area contributed by atoms with E-state index in [1.54, 1.807) is 6.08 Å². The third-order valence-electron chi connectivity index (χ3n) is 3.74. The highest BCUT2D eigenvalue weighted by Gasteiger charge is 2.02. The summed E-state index contributed by atoms with van der Waals surface area (Å²) in [6.45, 7) is 2.82. The molecule has 0 saturated heterocycles. The van der Waals surface area contributed by atoms with Crippen LogP contribution in [0.2, 0.25) is 0 Å². The Bertz CT molecular complexity index is 706. The van der Waals surface area contributed by atoms with Gasteiger partial charge in [0.2, 0.25) is 5.91 Å². The van der Waals surface area contributed by atoms with E-state index in [4.69, 9.17) is 4.74 Å². The summed E-state index contributed by atoms with van der Waals surface area (Å²) in [5, 5.41) is 2.86. The van der Waals surface area contributed by atoms with Crippen LogP contribution >= 0.6 is 0 Å². The van der Waals surface area contributed by atoms with Crippen LogP contribution in [0.15, 0.2) is 54.6 Å². The summed E-state index contributed by atoms with van der Waals surface area (Å²) in [5.74, 6) is 0.635. The van der Waals surface area contributed by atoms with Crippen molar-refractivity contribution in [1.82, 2.24) is 0 Å². The molecule has 0 saturated carbocycles.